The summed E-state index contributed by atoms with van der Waals surface area (Å²) >= 11 is 7.50. The van der Waals surface area contributed by atoms with Crippen LogP contribution in [0.25, 0.3) is 21.6 Å². The number of hydrogen-bond acceptors (Lipinski definition) is 4. The Balaban J connectivity index is 1.55. The average molecular weight is 406 g/mol. The summed E-state index contributed by atoms with van der Waals surface area (Å²) in [6.07, 6.45) is 3.52. The van der Waals surface area contributed by atoms with Crippen LogP contribution in [0.2, 0.25) is 4.34 Å². The molecule has 0 aliphatic rings. The Labute approximate surface area is 171 Å². The van der Waals surface area contributed by atoms with E-state index in [9.17, 15) is 4.79 Å². The number of nitrogens with one attached hydrogen (secondary N) is 1. The quantitative estimate of drug-likeness (QED) is 0.411. The molecule has 4 nitrogen and oxygen atoms in total. The lowest BCUT2D eigenvalue weighted by molar-refractivity contribution is 0.102. The van der Waals surface area contributed by atoms with Gasteiger partial charge >= 0.3 is 0 Å². The van der Waals surface area contributed by atoms with Crippen LogP contribution in [0.5, 0.6) is 0 Å². The summed E-state index contributed by atoms with van der Waals surface area (Å²) in [5, 5.41) is 2.90. The monoisotopic (exact) mass is 405 g/mol. The second kappa shape index (κ2) is 7.84. The lowest BCUT2D eigenvalue weighted by Gasteiger charge is -2.10. The van der Waals surface area contributed by atoms with Gasteiger partial charge in [-0.2, -0.15) is 0 Å². The van der Waals surface area contributed by atoms with Crippen LogP contribution < -0.4 is 11.1 Å². The molecule has 4 aromatic rings. The molecular formula is C22H16ClN3OS. The maximum absolute atomic E-state index is 12.7. The fraction of sp³-hybridized carbons (Fsp3) is 0. The summed E-state index contributed by atoms with van der Waals surface area (Å²) < 4.78 is 0.714. The fourth-order valence-corrected chi connectivity index (χ4v) is 3.87. The van der Waals surface area contributed by atoms with Crippen LogP contribution in [0.15, 0.2) is 79.1 Å². The molecule has 0 fully saturated rings. The number of aromatic nitrogens is 1. The highest BCUT2D eigenvalue weighted by molar-refractivity contribution is 7.19. The number of pyridine rings is 1. The van der Waals surface area contributed by atoms with Gasteiger partial charge in [0.05, 0.1) is 15.7 Å². The van der Waals surface area contributed by atoms with Crippen molar-refractivity contribution in [2.75, 3.05) is 11.1 Å². The molecule has 0 saturated heterocycles. The summed E-state index contributed by atoms with van der Waals surface area (Å²) in [6, 6.07) is 20.6. The largest absolute Gasteiger partial charge is 0.397 e. The Morgan fingerprint density at radius 2 is 1.75 bits per heavy atom. The summed E-state index contributed by atoms with van der Waals surface area (Å²) in [6.45, 7) is 0. The van der Waals surface area contributed by atoms with E-state index < -0.39 is 0 Å². The van der Waals surface area contributed by atoms with Crippen LogP contribution in [-0.2, 0) is 0 Å². The van der Waals surface area contributed by atoms with Crippen LogP contribution in [0, 0.1) is 0 Å². The van der Waals surface area contributed by atoms with Gasteiger partial charge in [-0.05, 0) is 59.2 Å². The predicted molar refractivity (Wildman–Crippen MR) is 117 cm³/mol. The Morgan fingerprint density at radius 1 is 0.964 bits per heavy atom. The molecule has 4 rings (SSSR count). The van der Waals surface area contributed by atoms with Crippen molar-refractivity contribution in [3.63, 3.8) is 0 Å². The minimum Gasteiger partial charge on any atom is -0.397 e. The molecule has 28 heavy (non-hydrogen) atoms. The summed E-state index contributed by atoms with van der Waals surface area (Å²) in [7, 11) is 0. The first-order chi connectivity index (χ1) is 13.6. The average Bonchev–Trinajstić information content (AvgIpc) is 3.17. The SMILES string of the molecule is Nc1ccc(-c2ccc(Cl)s2)cc1NC(=O)c1ccc(-c2cccnc2)cc1. The minimum atomic E-state index is -0.217. The zero-order valence-electron chi connectivity index (χ0n) is 14.7. The lowest BCUT2D eigenvalue weighted by Crippen LogP contribution is -2.13. The number of benzene rings is 2. The molecule has 0 atom stereocenters. The molecular weight excluding hydrogens is 390 g/mol. The first-order valence-corrected chi connectivity index (χ1v) is 9.76. The second-order valence-electron chi connectivity index (χ2n) is 6.18. The number of nitrogens with zero attached hydrogens (tertiary/aromatic N) is 1. The predicted octanol–water partition coefficient (Wildman–Crippen LogP) is 5.97. The molecule has 3 N–H and O–H groups in total. The van der Waals surface area contributed by atoms with Crippen LogP contribution in [-0.4, -0.2) is 10.9 Å². The van der Waals surface area contributed by atoms with Gasteiger partial charge in [0.25, 0.3) is 5.91 Å². The number of nitrogens with two attached hydrogens (primary N) is 1. The number of anilines is 2. The third-order valence-corrected chi connectivity index (χ3v) is 5.58. The molecule has 0 bridgehead atoms. The lowest BCUT2D eigenvalue weighted by atomic mass is 10.1. The summed E-state index contributed by atoms with van der Waals surface area (Å²) in [4.78, 5) is 17.8. The van der Waals surface area contributed by atoms with Gasteiger partial charge in [-0.25, -0.2) is 0 Å². The van der Waals surface area contributed by atoms with E-state index in [2.05, 4.69) is 10.3 Å². The Bertz CT molecular complexity index is 1120. The summed E-state index contributed by atoms with van der Waals surface area (Å²) in [5.74, 6) is -0.217. The number of carbonyl (C=O) groups is 1. The van der Waals surface area contributed by atoms with Gasteiger partial charge in [-0.15, -0.1) is 11.3 Å². The van der Waals surface area contributed by atoms with Gasteiger partial charge in [0, 0.05) is 22.8 Å². The number of thiophene rings is 1. The first kappa shape index (κ1) is 18.2. The van der Waals surface area contributed by atoms with Gasteiger partial charge in [-0.3, -0.25) is 9.78 Å². The Hall–Kier alpha value is -3.15. The maximum Gasteiger partial charge on any atom is 0.255 e. The van der Waals surface area contributed by atoms with E-state index in [0.29, 0.717) is 21.3 Å². The third kappa shape index (κ3) is 3.91. The van der Waals surface area contributed by atoms with Crippen LogP contribution in [0.1, 0.15) is 10.4 Å². The number of rotatable bonds is 4. The highest BCUT2D eigenvalue weighted by atomic mass is 35.5. The van der Waals surface area contributed by atoms with E-state index in [-0.39, 0.29) is 5.91 Å². The fourth-order valence-electron chi connectivity index (χ4n) is 2.83. The molecule has 2 aromatic carbocycles. The normalized spacial score (nSPS) is 10.6. The minimum absolute atomic E-state index is 0.217. The van der Waals surface area contributed by atoms with E-state index in [4.69, 9.17) is 17.3 Å². The van der Waals surface area contributed by atoms with Crippen molar-refractivity contribution in [3.05, 3.63) is 89.0 Å². The van der Waals surface area contributed by atoms with Crippen molar-refractivity contribution in [2.24, 2.45) is 0 Å². The van der Waals surface area contributed by atoms with Gasteiger partial charge in [0.15, 0.2) is 0 Å². The molecule has 2 heterocycles. The molecule has 2 aromatic heterocycles. The molecule has 0 aliphatic heterocycles. The third-order valence-electron chi connectivity index (χ3n) is 4.30. The maximum atomic E-state index is 12.7. The van der Waals surface area contributed by atoms with Crippen LogP contribution in [0.4, 0.5) is 11.4 Å². The molecule has 0 aliphatic carbocycles. The number of nitrogen functional groups attached to an aromatic ring is 1. The second-order valence-corrected chi connectivity index (χ2v) is 7.89. The van der Waals surface area contributed by atoms with Crippen molar-refractivity contribution < 1.29 is 4.79 Å². The highest BCUT2D eigenvalue weighted by Gasteiger charge is 2.11. The molecule has 0 unspecified atom stereocenters. The Morgan fingerprint density at radius 3 is 2.43 bits per heavy atom. The highest BCUT2D eigenvalue weighted by Crippen LogP contribution is 2.34. The Kier molecular flexibility index (Phi) is 5.10. The molecule has 1 amide bonds. The van der Waals surface area contributed by atoms with E-state index in [1.807, 2.05) is 48.5 Å². The van der Waals surface area contributed by atoms with E-state index >= 15 is 0 Å². The zero-order chi connectivity index (χ0) is 19.5. The molecule has 0 saturated carbocycles. The number of hydrogen-bond donors (Lipinski definition) is 2. The topological polar surface area (TPSA) is 68.0 Å². The van der Waals surface area contributed by atoms with Crippen molar-refractivity contribution in [1.29, 1.82) is 0 Å². The van der Waals surface area contributed by atoms with Gasteiger partial charge in [-0.1, -0.05) is 35.9 Å². The van der Waals surface area contributed by atoms with Crippen LogP contribution in [0.3, 0.4) is 0 Å². The summed E-state index contributed by atoms with van der Waals surface area (Å²) in [5.41, 5.74) is 10.6. The zero-order valence-corrected chi connectivity index (χ0v) is 16.3. The standard InChI is InChI=1S/C22H16ClN3OS/c23-21-10-9-20(28-21)16-7-8-18(24)19(12-16)26-22(27)15-5-3-14(4-6-15)17-2-1-11-25-13-17/h1-13H,24H2,(H,26,27). The molecule has 138 valence electrons. The molecule has 0 radical (unpaired) electrons. The number of halogens is 1. The van der Waals surface area contributed by atoms with Crippen molar-refractivity contribution in [2.45, 2.75) is 0 Å². The van der Waals surface area contributed by atoms with Gasteiger partial charge < -0.3 is 11.1 Å². The van der Waals surface area contributed by atoms with Gasteiger partial charge in [0.2, 0.25) is 0 Å². The van der Waals surface area contributed by atoms with Gasteiger partial charge in [0.1, 0.15) is 0 Å². The van der Waals surface area contributed by atoms with E-state index in [1.54, 1.807) is 30.6 Å². The smallest absolute Gasteiger partial charge is 0.255 e. The van der Waals surface area contributed by atoms with Crippen LogP contribution >= 0.6 is 22.9 Å². The molecule has 0 spiro atoms. The van der Waals surface area contributed by atoms with E-state index in [1.165, 1.54) is 11.3 Å². The number of carbonyl (C=O) groups excluding carboxylic acids is 1. The number of amides is 1. The van der Waals surface area contributed by atoms with E-state index in [0.717, 1.165) is 21.6 Å². The van der Waals surface area contributed by atoms with Crippen molar-refractivity contribution >= 4 is 40.2 Å². The molecule has 6 heteroatoms. The van der Waals surface area contributed by atoms with Crippen molar-refractivity contribution in [1.82, 2.24) is 4.98 Å². The first-order valence-electron chi connectivity index (χ1n) is 8.57. The van der Waals surface area contributed by atoms with Crippen molar-refractivity contribution in [3.8, 4) is 21.6 Å².